The Morgan fingerprint density at radius 1 is 1.30 bits per heavy atom. The number of carbonyl (C=O) groups excluding carboxylic acids is 1. The van der Waals surface area contributed by atoms with E-state index in [4.69, 9.17) is 10.9 Å². The van der Waals surface area contributed by atoms with Crippen molar-refractivity contribution < 1.29 is 14.7 Å². The molecule has 23 heavy (non-hydrogen) atoms. The Kier molecular flexibility index (Phi) is 8.42. The monoisotopic (exact) mass is 319 g/mol. The van der Waals surface area contributed by atoms with Crippen molar-refractivity contribution >= 4 is 18.1 Å². The number of benzene rings is 1. The Labute approximate surface area is 136 Å². The number of carboxylic acid groups (broad SMARTS) is 1. The van der Waals surface area contributed by atoms with Crippen LogP contribution in [-0.4, -0.2) is 29.2 Å². The van der Waals surface area contributed by atoms with Crippen LogP contribution in [0.25, 0.3) is 0 Å². The summed E-state index contributed by atoms with van der Waals surface area (Å²) in [6.45, 7) is 1.87. The van der Waals surface area contributed by atoms with Gasteiger partial charge in [0.1, 0.15) is 0 Å². The zero-order valence-corrected chi connectivity index (χ0v) is 13.5. The Hall–Kier alpha value is -2.37. The van der Waals surface area contributed by atoms with Gasteiger partial charge in [-0.1, -0.05) is 31.2 Å². The predicted octanol–water partition coefficient (Wildman–Crippen LogP) is 2.06. The number of amides is 1. The van der Waals surface area contributed by atoms with Gasteiger partial charge in [-0.15, -0.1) is 0 Å². The summed E-state index contributed by atoms with van der Waals surface area (Å²) in [4.78, 5) is 22.5. The zero-order chi connectivity index (χ0) is 17.1. The van der Waals surface area contributed by atoms with Gasteiger partial charge in [-0.25, -0.2) is 0 Å². The van der Waals surface area contributed by atoms with E-state index in [0.29, 0.717) is 12.8 Å². The molecule has 0 aliphatic rings. The van der Waals surface area contributed by atoms with Crippen LogP contribution in [0, 0.1) is 0 Å². The number of nitrogens with two attached hydrogens (primary N) is 1. The third-order valence-electron chi connectivity index (χ3n) is 3.60. The molecule has 1 amide bonds. The van der Waals surface area contributed by atoms with Crippen LogP contribution in [0.3, 0.4) is 0 Å². The molecule has 0 aromatic heterocycles. The third-order valence-corrected chi connectivity index (χ3v) is 3.60. The molecule has 4 N–H and O–H groups in total. The Morgan fingerprint density at radius 3 is 2.57 bits per heavy atom. The number of unbranched alkanes of at least 4 members (excludes halogenated alkanes) is 1. The van der Waals surface area contributed by atoms with Crippen LogP contribution in [0.15, 0.2) is 29.4 Å². The molecule has 0 radical (unpaired) electrons. The minimum Gasteiger partial charge on any atom is -0.481 e. The van der Waals surface area contributed by atoms with Crippen LogP contribution < -0.4 is 11.2 Å². The van der Waals surface area contributed by atoms with Crippen molar-refractivity contribution in [3.63, 3.8) is 0 Å². The van der Waals surface area contributed by atoms with Crippen LogP contribution in [0.4, 0.5) is 0 Å². The highest BCUT2D eigenvalue weighted by molar-refractivity contribution is 5.79. The third kappa shape index (κ3) is 7.99. The number of aliphatic carboxylic acids is 1. The van der Waals surface area contributed by atoms with Gasteiger partial charge in [0.05, 0.1) is 12.6 Å². The average molecular weight is 319 g/mol. The molecule has 0 aliphatic heterocycles. The molecular formula is C17H25N3O3. The molecule has 0 fully saturated rings. The number of nitrogens with one attached hydrogen (secondary N) is 1. The number of hydrogen-bond donors (Lipinski definition) is 3. The second kappa shape index (κ2) is 10.4. The normalized spacial score (nSPS) is 12.2. The fourth-order valence-electron chi connectivity index (χ4n) is 2.28. The fourth-order valence-corrected chi connectivity index (χ4v) is 2.28. The SMILES string of the molecule is CCC(CC(=O)O)NC(=O)CCCCc1ccc(C=NN)cc1. The highest BCUT2D eigenvalue weighted by Crippen LogP contribution is 2.08. The lowest BCUT2D eigenvalue weighted by Crippen LogP contribution is -2.35. The summed E-state index contributed by atoms with van der Waals surface area (Å²) < 4.78 is 0. The number of aryl methyl sites for hydroxylation is 1. The summed E-state index contributed by atoms with van der Waals surface area (Å²) in [5.74, 6) is 4.13. The molecular weight excluding hydrogens is 294 g/mol. The summed E-state index contributed by atoms with van der Waals surface area (Å²) in [6.07, 6.45) is 5.20. The van der Waals surface area contributed by atoms with Gasteiger partial charge in [-0.3, -0.25) is 9.59 Å². The van der Waals surface area contributed by atoms with E-state index in [9.17, 15) is 9.59 Å². The lowest BCUT2D eigenvalue weighted by atomic mass is 10.0. The average Bonchev–Trinajstić information content (AvgIpc) is 2.52. The Balaban J connectivity index is 2.25. The maximum atomic E-state index is 11.8. The predicted molar refractivity (Wildman–Crippen MR) is 90.3 cm³/mol. The second-order valence-electron chi connectivity index (χ2n) is 5.50. The van der Waals surface area contributed by atoms with Crippen molar-refractivity contribution in [2.45, 2.75) is 51.5 Å². The quantitative estimate of drug-likeness (QED) is 0.266. The number of hydrogen-bond acceptors (Lipinski definition) is 4. The zero-order valence-electron chi connectivity index (χ0n) is 13.5. The summed E-state index contributed by atoms with van der Waals surface area (Å²) in [5.41, 5.74) is 2.16. The van der Waals surface area contributed by atoms with Gasteiger partial charge >= 0.3 is 5.97 Å². The van der Waals surface area contributed by atoms with E-state index in [1.54, 1.807) is 6.21 Å². The Bertz CT molecular complexity index is 526. The van der Waals surface area contributed by atoms with Crippen LogP contribution in [0.1, 0.15) is 50.2 Å². The van der Waals surface area contributed by atoms with Gasteiger partial charge in [0, 0.05) is 12.5 Å². The number of rotatable bonds is 10. The number of carbonyl (C=O) groups is 2. The van der Waals surface area contributed by atoms with E-state index in [1.165, 1.54) is 5.56 Å². The molecule has 1 unspecified atom stereocenters. The summed E-state index contributed by atoms with van der Waals surface area (Å²) in [5, 5.41) is 15.0. The molecule has 1 rings (SSSR count). The first kappa shape index (κ1) is 18.7. The standard InChI is InChI=1S/C17H25N3O3/c1-2-15(11-17(22)23)20-16(21)6-4-3-5-13-7-9-14(10-8-13)12-19-18/h7-10,12,15H,2-6,11,18H2,1H3,(H,20,21)(H,22,23). The molecule has 1 aromatic rings. The van der Waals surface area contributed by atoms with Crippen molar-refractivity contribution in [3.8, 4) is 0 Å². The van der Waals surface area contributed by atoms with Crippen molar-refractivity contribution in [1.29, 1.82) is 0 Å². The lowest BCUT2D eigenvalue weighted by molar-refractivity contribution is -0.137. The second-order valence-corrected chi connectivity index (χ2v) is 5.50. The highest BCUT2D eigenvalue weighted by Gasteiger charge is 2.13. The summed E-state index contributed by atoms with van der Waals surface area (Å²) in [7, 11) is 0. The molecule has 0 saturated carbocycles. The van der Waals surface area contributed by atoms with Gasteiger partial charge in [0.2, 0.25) is 5.91 Å². The van der Waals surface area contributed by atoms with E-state index in [2.05, 4.69) is 10.4 Å². The molecule has 1 atom stereocenters. The lowest BCUT2D eigenvalue weighted by Gasteiger charge is -2.14. The van der Waals surface area contributed by atoms with Gasteiger partial charge < -0.3 is 16.3 Å². The minimum absolute atomic E-state index is 0.0271. The molecule has 0 heterocycles. The Morgan fingerprint density at radius 2 is 2.00 bits per heavy atom. The van der Waals surface area contributed by atoms with Crippen LogP contribution in [0.2, 0.25) is 0 Å². The van der Waals surface area contributed by atoms with Crippen molar-refractivity contribution in [2.24, 2.45) is 10.9 Å². The van der Waals surface area contributed by atoms with E-state index < -0.39 is 5.97 Å². The van der Waals surface area contributed by atoms with Crippen molar-refractivity contribution in [2.75, 3.05) is 0 Å². The van der Waals surface area contributed by atoms with Gasteiger partial charge in [0.25, 0.3) is 0 Å². The first-order valence-corrected chi connectivity index (χ1v) is 7.88. The molecule has 6 nitrogen and oxygen atoms in total. The molecule has 0 bridgehead atoms. The van der Waals surface area contributed by atoms with Crippen molar-refractivity contribution in [1.82, 2.24) is 5.32 Å². The molecule has 0 aliphatic carbocycles. The molecule has 1 aromatic carbocycles. The number of hydrazone groups is 1. The fraction of sp³-hybridized carbons (Fsp3) is 0.471. The number of nitrogens with zero attached hydrogens (tertiary/aromatic N) is 1. The molecule has 0 saturated heterocycles. The highest BCUT2D eigenvalue weighted by atomic mass is 16.4. The van der Waals surface area contributed by atoms with Gasteiger partial charge in [-0.2, -0.15) is 5.10 Å². The largest absolute Gasteiger partial charge is 0.481 e. The van der Waals surface area contributed by atoms with Gasteiger partial charge in [0.15, 0.2) is 0 Å². The van der Waals surface area contributed by atoms with Crippen LogP contribution >= 0.6 is 0 Å². The van der Waals surface area contributed by atoms with Crippen LogP contribution in [-0.2, 0) is 16.0 Å². The van der Waals surface area contributed by atoms with E-state index >= 15 is 0 Å². The van der Waals surface area contributed by atoms with E-state index in [0.717, 1.165) is 24.8 Å². The first-order chi connectivity index (χ1) is 11.0. The van der Waals surface area contributed by atoms with Gasteiger partial charge in [-0.05, 0) is 36.8 Å². The smallest absolute Gasteiger partial charge is 0.305 e. The maximum absolute atomic E-state index is 11.8. The first-order valence-electron chi connectivity index (χ1n) is 7.88. The van der Waals surface area contributed by atoms with E-state index in [1.807, 2.05) is 31.2 Å². The maximum Gasteiger partial charge on any atom is 0.305 e. The van der Waals surface area contributed by atoms with E-state index in [-0.39, 0.29) is 18.4 Å². The molecule has 6 heteroatoms. The molecule has 0 spiro atoms. The number of carboxylic acids is 1. The van der Waals surface area contributed by atoms with Crippen molar-refractivity contribution in [3.05, 3.63) is 35.4 Å². The van der Waals surface area contributed by atoms with Crippen LogP contribution in [0.5, 0.6) is 0 Å². The summed E-state index contributed by atoms with van der Waals surface area (Å²) in [6, 6.07) is 7.68. The topological polar surface area (TPSA) is 105 Å². The molecule has 126 valence electrons. The minimum atomic E-state index is -0.889. The summed E-state index contributed by atoms with van der Waals surface area (Å²) >= 11 is 0.